The first kappa shape index (κ1) is 15.3. The molecule has 1 heterocycles. The SMILES string of the molecule is CC(C)CC1CCCC(N(C)CC2CCCNC2)C1. The van der Waals surface area contributed by atoms with Crippen LogP contribution in [-0.2, 0) is 0 Å². The molecule has 2 heteroatoms. The number of hydrogen-bond donors (Lipinski definition) is 1. The van der Waals surface area contributed by atoms with E-state index in [4.69, 9.17) is 0 Å². The summed E-state index contributed by atoms with van der Waals surface area (Å²) >= 11 is 0. The molecule has 1 N–H and O–H groups in total. The molecule has 0 aromatic rings. The Morgan fingerprint density at radius 2 is 1.89 bits per heavy atom. The van der Waals surface area contributed by atoms with Crippen molar-refractivity contribution in [1.29, 1.82) is 0 Å². The van der Waals surface area contributed by atoms with Gasteiger partial charge in [0.25, 0.3) is 0 Å². The van der Waals surface area contributed by atoms with Gasteiger partial charge in [-0.25, -0.2) is 0 Å². The number of nitrogens with zero attached hydrogens (tertiary/aromatic N) is 1. The van der Waals surface area contributed by atoms with Gasteiger partial charge in [0.05, 0.1) is 0 Å². The van der Waals surface area contributed by atoms with Crippen molar-refractivity contribution in [2.24, 2.45) is 17.8 Å². The Morgan fingerprint density at radius 1 is 1.11 bits per heavy atom. The van der Waals surface area contributed by atoms with Crippen molar-refractivity contribution in [2.45, 2.75) is 64.8 Å². The molecule has 3 unspecified atom stereocenters. The average Bonchev–Trinajstić information content (AvgIpc) is 2.39. The van der Waals surface area contributed by atoms with E-state index in [1.165, 1.54) is 64.6 Å². The van der Waals surface area contributed by atoms with Crippen molar-refractivity contribution in [3.8, 4) is 0 Å². The van der Waals surface area contributed by atoms with Gasteiger partial charge in [0, 0.05) is 12.6 Å². The third-order valence-corrected chi connectivity index (χ3v) is 5.13. The van der Waals surface area contributed by atoms with Crippen molar-refractivity contribution in [3.63, 3.8) is 0 Å². The third kappa shape index (κ3) is 5.07. The molecule has 1 saturated heterocycles. The lowest BCUT2D eigenvalue weighted by Gasteiger charge is -2.38. The molecule has 19 heavy (non-hydrogen) atoms. The second-order valence-corrected chi connectivity index (χ2v) is 7.47. The van der Waals surface area contributed by atoms with E-state index in [-0.39, 0.29) is 0 Å². The Balaban J connectivity index is 1.75. The van der Waals surface area contributed by atoms with Gasteiger partial charge in [0.2, 0.25) is 0 Å². The molecule has 0 bridgehead atoms. The molecule has 0 amide bonds. The Hall–Kier alpha value is -0.0800. The molecular formula is C17H34N2. The minimum atomic E-state index is 0.861. The van der Waals surface area contributed by atoms with Crippen LogP contribution in [0, 0.1) is 17.8 Å². The minimum Gasteiger partial charge on any atom is -0.316 e. The Bertz CT molecular complexity index is 246. The van der Waals surface area contributed by atoms with E-state index >= 15 is 0 Å². The monoisotopic (exact) mass is 266 g/mol. The molecule has 1 saturated carbocycles. The lowest BCUT2D eigenvalue weighted by molar-refractivity contribution is 0.124. The summed E-state index contributed by atoms with van der Waals surface area (Å²) < 4.78 is 0. The van der Waals surface area contributed by atoms with Crippen LogP contribution in [0.2, 0.25) is 0 Å². The molecule has 1 aliphatic carbocycles. The van der Waals surface area contributed by atoms with Gasteiger partial charge >= 0.3 is 0 Å². The van der Waals surface area contributed by atoms with E-state index in [1.54, 1.807) is 0 Å². The fourth-order valence-corrected chi connectivity index (χ4v) is 4.18. The zero-order chi connectivity index (χ0) is 13.7. The molecule has 2 aliphatic rings. The second-order valence-electron chi connectivity index (χ2n) is 7.47. The highest BCUT2D eigenvalue weighted by atomic mass is 15.1. The summed E-state index contributed by atoms with van der Waals surface area (Å²) in [6, 6.07) is 0.861. The number of piperidine rings is 1. The predicted molar refractivity (Wildman–Crippen MR) is 83.4 cm³/mol. The summed E-state index contributed by atoms with van der Waals surface area (Å²) in [5, 5.41) is 3.55. The van der Waals surface area contributed by atoms with E-state index in [1.807, 2.05) is 0 Å². The maximum atomic E-state index is 3.55. The summed E-state index contributed by atoms with van der Waals surface area (Å²) in [5.74, 6) is 2.76. The second kappa shape index (κ2) is 7.64. The van der Waals surface area contributed by atoms with Crippen LogP contribution in [0.15, 0.2) is 0 Å². The molecule has 112 valence electrons. The van der Waals surface area contributed by atoms with Crippen molar-refractivity contribution in [3.05, 3.63) is 0 Å². The van der Waals surface area contributed by atoms with E-state index in [0.717, 1.165) is 23.8 Å². The third-order valence-electron chi connectivity index (χ3n) is 5.13. The van der Waals surface area contributed by atoms with Gasteiger partial charge in [-0.05, 0) is 70.0 Å². The highest BCUT2D eigenvalue weighted by Crippen LogP contribution is 2.32. The van der Waals surface area contributed by atoms with Crippen LogP contribution in [-0.4, -0.2) is 37.6 Å². The number of rotatable bonds is 5. The predicted octanol–water partition coefficient (Wildman–Crippen LogP) is 3.52. The molecular weight excluding hydrogens is 232 g/mol. The Morgan fingerprint density at radius 3 is 2.58 bits per heavy atom. The molecule has 2 fully saturated rings. The van der Waals surface area contributed by atoms with Crippen LogP contribution in [0.25, 0.3) is 0 Å². The Labute approximate surface area is 120 Å². The quantitative estimate of drug-likeness (QED) is 0.819. The zero-order valence-corrected chi connectivity index (χ0v) is 13.3. The number of nitrogens with one attached hydrogen (secondary N) is 1. The van der Waals surface area contributed by atoms with Crippen LogP contribution < -0.4 is 5.32 Å². The molecule has 2 nitrogen and oxygen atoms in total. The first-order valence-corrected chi connectivity index (χ1v) is 8.56. The maximum Gasteiger partial charge on any atom is 0.00949 e. The van der Waals surface area contributed by atoms with Crippen molar-refractivity contribution in [1.82, 2.24) is 10.2 Å². The lowest BCUT2D eigenvalue weighted by Crippen LogP contribution is -2.42. The minimum absolute atomic E-state index is 0.861. The van der Waals surface area contributed by atoms with Gasteiger partial charge in [-0.3, -0.25) is 0 Å². The van der Waals surface area contributed by atoms with Crippen molar-refractivity contribution < 1.29 is 0 Å². The summed E-state index contributed by atoms with van der Waals surface area (Å²) in [5.41, 5.74) is 0. The highest BCUT2D eigenvalue weighted by Gasteiger charge is 2.26. The molecule has 0 aromatic heterocycles. The van der Waals surface area contributed by atoms with Gasteiger partial charge < -0.3 is 10.2 Å². The Kier molecular flexibility index (Phi) is 6.15. The smallest absolute Gasteiger partial charge is 0.00949 e. The topological polar surface area (TPSA) is 15.3 Å². The molecule has 0 spiro atoms. The normalized spacial score (nSPS) is 33.0. The fourth-order valence-electron chi connectivity index (χ4n) is 4.18. The molecule has 0 aromatic carbocycles. The summed E-state index contributed by atoms with van der Waals surface area (Å²) in [6.45, 7) is 8.54. The largest absolute Gasteiger partial charge is 0.316 e. The van der Waals surface area contributed by atoms with Crippen molar-refractivity contribution >= 4 is 0 Å². The average molecular weight is 266 g/mol. The lowest BCUT2D eigenvalue weighted by atomic mass is 9.80. The van der Waals surface area contributed by atoms with Gasteiger partial charge in [0.15, 0.2) is 0 Å². The zero-order valence-electron chi connectivity index (χ0n) is 13.3. The van der Waals surface area contributed by atoms with Gasteiger partial charge in [-0.1, -0.05) is 26.7 Å². The van der Waals surface area contributed by atoms with E-state index in [0.29, 0.717) is 0 Å². The number of hydrogen-bond acceptors (Lipinski definition) is 2. The standard InChI is InChI=1S/C17H34N2/c1-14(2)10-15-6-4-8-17(11-15)19(3)13-16-7-5-9-18-12-16/h14-18H,4-13H2,1-3H3. The first-order chi connectivity index (χ1) is 9.15. The van der Waals surface area contributed by atoms with Crippen LogP contribution in [0.1, 0.15) is 58.8 Å². The first-order valence-electron chi connectivity index (χ1n) is 8.56. The van der Waals surface area contributed by atoms with E-state index in [2.05, 4.69) is 31.1 Å². The van der Waals surface area contributed by atoms with Gasteiger partial charge in [0.1, 0.15) is 0 Å². The summed E-state index contributed by atoms with van der Waals surface area (Å²) in [4.78, 5) is 2.68. The van der Waals surface area contributed by atoms with E-state index < -0.39 is 0 Å². The van der Waals surface area contributed by atoms with Crippen LogP contribution in [0.3, 0.4) is 0 Å². The molecule has 0 radical (unpaired) electrons. The van der Waals surface area contributed by atoms with Crippen LogP contribution >= 0.6 is 0 Å². The molecule has 3 atom stereocenters. The fraction of sp³-hybridized carbons (Fsp3) is 1.00. The maximum absolute atomic E-state index is 3.55. The van der Waals surface area contributed by atoms with E-state index in [9.17, 15) is 0 Å². The van der Waals surface area contributed by atoms with Gasteiger partial charge in [-0.15, -0.1) is 0 Å². The van der Waals surface area contributed by atoms with Gasteiger partial charge in [-0.2, -0.15) is 0 Å². The van der Waals surface area contributed by atoms with Crippen molar-refractivity contribution in [2.75, 3.05) is 26.7 Å². The summed E-state index contributed by atoms with van der Waals surface area (Å²) in [7, 11) is 2.37. The molecule has 1 aliphatic heterocycles. The highest BCUT2D eigenvalue weighted by molar-refractivity contribution is 4.82. The molecule has 2 rings (SSSR count). The summed E-state index contributed by atoms with van der Waals surface area (Å²) in [6.07, 6.45) is 10.1. The van der Waals surface area contributed by atoms with Crippen LogP contribution in [0.4, 0.5) is 0 Å². The van der Waals surface area contributed by atoms with Crippen LogP contribution in [0.5, 0.6) is 0 Å².